The van der Waals surface area contributed by atoms with Crippen LogP contribution in [-0.2, 0) is 6.54 Å². The Morgan fingerprint density at radius 3 is 2.09 bits per heavy atom. The van der Waals surface area contributed by atoms with Crippen molar-refractivity contribution in [1.82, 2.24) is 10.6 Å². The van der Waals surface area contributed by atoms with Gasteiger partial charge in [0, 0.05) is 6.54 Å². The molecule has 0 radical (unpaired) electrons. The molecule has 0 atom stereocenters. The number of benzene rings is 2. The van der Waals surface area contributed by atoms with Crippen LogP contribution < -0.4 is 35.4 Å². The van der Waals surface area contributed by atoms with Crippen molar-refractivity contribution in [3.63, 3.8) is 0 Å². The second-order valence-corrected chi connectivity index (χ2v) is 5.89. The molecular formula is C19H24Cl2N2-2. The van der Waals surface area contributed by atoms with Gasteiger partial charge < -0.3 is 35.4 Å². The van der Waals surface area contributed by atoms with E-state index in [0.717, 1.165) is 19.0 Å². The maximum absolute atomic E-state index is 3.60. The van der Waals surface area contributed by atoms with Gasteiger partial charge >= 0.3 is 0 Å². The lowest BCUT2D eigenvalue weighted by atomic mass is 9.98. The average Bonchev–Trinajstić information content (AvgIpc) is 2.57. The summed E-state index contributed by atoms with van der Waals surface area (Å²) >= 11 is 0. The van der Waals surface area contributed by atoms with E-state index >= 15 is 0 Å². The first-order valence-corrected chi connectivity index (χ1v) is 7.97. The highest BCUT2D eigenvalue weighted by molar-refractivity contribution is 5.63. The summed E-state index contributed by atoms with van der Waals surface area (Å²) in [6, 6.07) is 19.5. The lowest BCUT2D eigenvalue weighted by Crippen LogP contribution is -3.00. The maximum atomic E-state index is 3.60. The highest BCUT2D eigenvalue weighted by Gasteiger charge is 2.11. The summed E-state index contributed by atoms with van der Waals surface area (Å²) in [7, 11) is 0. The first-order chi connectivity index (χ1) is 10.4. The molecule has 2 aromatic carbocycles. The fourth-order valence-corrected chi connectivity index (χ4v) is 2.95. The van der Waals surface area contributed by atoms with E-state index in [4.69, 9.17) is 0 Å². The van der Waals surface area contributed by atoms with Crippen molar-refractivity contribution in [2.75, 3.05) is 19.6 Å². The topological polar surface area (TPSA) is 24.1 Å². The molecule has 23 heavy (non-hydrogen) atoms. The third kappa shape index (κ3) is 6.15. The van der Waals surface area contributed by atoms with Gasteiger partial charge in [0.15, 0.2) is 0 Å². The van der Waals surface area contributed by atoms with Crippen molar-refractivity contribution < 1.29 is 24.8 Å². The smallest absolute Gasteiger partial charge is 0.0205 e. The molecule has 126 valence electrons. The zero-order chi connectivity index (χ0) is 14.3. The molecule has 0 amide bonds. The van der Waals surface area contributed by atoms with Crippen LogP contribution in [0.4, 0.5) is 0 Å². The molecule has 1 saturated heterocycles. The van der Waals surface area contributed by atoms with E-state index in [-0.39, 0.29) is 24.8 Å². The van der Waals surface area contributed by atoms with Crippen LogP contribution in [0.1, 0.15) is 18.4 Å². The third-order valence-electron chi connectivity index (χ3n) is 4.28. The standard InChI is InChI=1S/C19H24N2.2ClH/c1-2-4-18(5-3-1)19-8-6-16(7-9-19)14-21-15-17-10-12-20-13-11-17;;/h1-9,17,20-21H,10-15H2;2*1H/p-2. The fourth-order valence-electron chi connectivity index (χ4n) is 2.95. The Morgan fingerprint density at radius 2 is 1.43 bits per heavy atom. The molecule has 2 N–H and O–H groups in total. The molecule has 1 aliphatic heterocycles. The molecule has 0 unspecified atom stereocenters. The molecule has 0 spiro atoms. The molecule has 1 aliphatic rings. The van der Waals surface area contributed by atoms with Gasteiger partial charge in [-0.25, -0.2) is 0 Å². The van der Waals surface area contributed by atoms with Crippen LogP contribution in [0.2, 0.25) is 0 Å². The Labute approximate surface area is 151 Å². The van der Waals surface area contributed by atoms with E-state index in [9.17, 15) is 0 Å². The summed E-state index contributed by atoms with van der Waals surface area (Å²) in [5.74, 6) is 0.842. The minimum absolute atomic E-state index is 0. The monoisotopic (exact) mass is 350 g/mol. The van der Waals surface area contributed by atoms with E-state index in [1.165, 1.54) is 42.6 Å². The van der Waals surface area contributed by atoms with Gasteiger partial charge in [-0.3, -0.25) is 0 Å². The summed E-state index contributed by atoms with van der Waals surface area (Å²) in [5, 5.41) is 7.02. The summed E-state index contributed by atoms with van der Waals surface area (Å²) in [5.41, 5.74) is 3.94. The zero-order valence-corrected chi connectivity index (χ0v) is 14.8. The summed E-state index contributed by atoms with van der Waals surface area (Å²) in [6.07, 6.45) is 2.61. The van der Waals surface area contributed by atoms with E-state index in [2.05, 4.69) is 65.2 Å². The average molecular weight is 351 g/mol. The molecule has 2 nitrogen and oxygen atoms in total. The molecule has 0 bridgehead atoms. The summed E-state index contributed by atoms with van der Waals surface area (Å²) < 4.78 is 0. The zero-order valence-electron chi connectivity index (χ0n) is 13.3. The second kappa shape index (κ2) is 10.7. The summed E-state index contributed by atoms with van der Waals surface area (Å²) in [4.78, 5) is 0. The number of hydrogen-bond acceptors (Lipinski definition) is 2. The predicted molar refractivity (Wildman–Crippen MR) is 89.2 cm³/mol. The van der Waals surface area contributed by atoms with Gasteiger partial charge in [0.05, 0.1) is 0 Å². The molecule has 3 rings (SSSR count). The van der Waals surface area contributed by atoms with Crippen LogP contribution >= 0.6 is 0 Å². The minimum atomic E-state index is 0. The maximum Gasteiger partial charge on any atom is 0.0205 e. The lowest BCUT2D eigenvalue weighted by Gasteiger charge is -2.22. The van der Waals surface area contributed by atoms with Gasteiger partial charge in [-0.2, -0.15) is 0 Å². The highest BCUT2D eigenvalue weighted by atomic mass is 35.5. The normalized spacial score (nSPS) is 14.6. The molecule has 2 aromatic rings. The highest BCUT2D eigenvalue weighted by Crippen LogP contribution is 2.19. The Balaban J connectivity index is 0.00000132. The minimum Gasteiger partial charge on any atom is -1.00 e. The van der Waals surface area contributed by atoms with E-state index in [1.54, 1.807) is 0 Å². The van der Waals surface area contributed by atoms with Crippen molar-refractivity contribution in [3.05, 3.63) is 60.2 Å². The Kier molecular flexibility index (Phi) is 9.27. The summed E-state index contributed by atoms with van der Waals surface area (Å²) in [6.45, 7) is 4.47. The van der Waals surface area contributed by atoms with Gasteiger partial charge in [-0.15, -0.1) is 0 Å². The molecule has 0 aromatic heterocycles. The van der Waals surface area contributed by atoms with Gasteiger partial charge in [-0.1, -0.05) is 54.6 Å². The SMILES string of the molecule is [Cl-].[Cl-].c1ccc(-c2ccc(CNCC3CCNCC3)cc2)cc1. The van der Waals surface area contributed by atoms with Crippen LogP contribution in [0.5, 0.6) is 0 Å². The van der Waals surface area contributed by atoms with Crippen molar-refractivity contribution in [1.29, 1.82) is 0 Å². The number of nitrogens with one attached hydrogen (secondary N) is 2. The molecular weight excluding hydrogens is 327 g/mol. The van der Waals surface area contributed by atoms with Crippen molar-refractivity contribution in [2.24, 2.45) is 5.92 Å². The fraction of sp³-hybridized carbons (Fsp3) is 0.368. The van der Waals surface area contributed by atoms with Crippen molar-refractivity contribution >= 4 is 0 Å². The molecule has 1 fully saturated rings. The van der Waals surface area contributed by atoms with Gasteiger partial charge in [0.2, 0.25) is 0 Å². The van der Waals surface area contributed by atoms with E-state index in [0.29, 0.717) is 0 Å². The predicted octanol–water partition coefficient (Wildman–Crippen LogP) is -2.55. The number of rotatable bonds is 5. The van der Waals surface area contributed by atoms with E-state index in [1.807, 2.05) is 0 Å². The number of hydrogen-bond donors (Lipinski definition) is 2. The van der Waals surface area contributed by atoms with E-state index < -0.39 is 0 Å². The first kappa shape index (κ1) is 20.0. The molecule has 0 saturated carbocycles. The van der Waals surface area contributed by atoms with Gasteiger partial charge in [0.25, 0.3) is 0 Å². The third-order valence-corrected chi connectivity index (χ3v) is 4.28. The van der Waals surface area contributed by atoms with Crippen LogP contribution in [-0.4, -0.2) is 19.6 Å². The van der Waals surface area contributed by atoms with Gasteiger partial charge in [-0.05, 0) is 55.1 Å². The van der Waals surface area contributed by atoms with Crippen LogP contribution in [0, 0.1) is 5.92 Å². The molecule has 0 aliphatic carbocycles. The van der Waals surface area contributed by atoms with Crippen LogP contribution in [0.15, 0.2) is 54.6 Å². The Morgan fingerprint density at radius 1 is 0.826 bits per heavy atom. The quantitative estimate of drug-likeness (QED) is 0.620. The lowest BCUT2D eigenvalue weighted by molar-refractivity contribution is -0.001000. The Bertz CT molecular complexity index is 537. The first-order valence-electron chi connectivity index (χ1n) is 7.97. The van der Waals surface area contributed by atoms with Gasteiger partial charge in [0.1, 0.15) is 0 Å². The Hall–Kier alpha value is -1.06. The largest absolute Gasteiger partial charge is 1.00 e. The molecule has 1 heterocycles. The molecule has 4 heteroatoms. The van der Waals surface area contributed by atoms with Crippen LogP contribution in [0.25, 0.3) is 11.1 Å². The van der Waals surface area contributed by atoms with Crippen molar-refractivity contribution in [3.8, 4) is 11.1 Å². The number of piperidine rings is 1. The second-order valence-electron chi connectivity index (χ2n) is 5.89. The number of halogens is 2. The van der Waals surface area contributed by atoms with Crippen molar-refractivity contribution in [2.45, 2.75) is 19.4 Å². The van der Waals surface area contributed by atoms with Crippen LogP contribution in [0.3, 0.4) is 0 Å².